The Morgan fingerprint density at radius 3 is 2.36 bits per heavy atom. The monoisotopic (exact) mass is 340 g/mol. The van der Waals surface area contributed by atoms with E-state index in [1.165, 1.54) is 0 Å². The Morgan fingerprint density at radius 2 is 1.86 bits per heavy atom. The van der Waals surface area contributed by atoms with Crippen LogP contribution in [0.4, 0.5) is 13.2 Å². The van der Waals surface area contributed by atoms with Gasteiger partial charge in [-0.15, -0.1) is 0 Å². The number of amides is 1. The van der Waals surface area contributed by atoms with Crippen molar-refractivity contribution in [3.63, 3.8) is 0 Å². The maximum Gasteiger partial charge on any atom is 0.406 e. The minimum atomic E-state index is -4.46. The first-order valence-electron chi connectivity index (χ1n) is 7.51. The Labute approximate surface area is 127 Å². The molecule has 9 heteroatoms. The molecule has 1 aliphatic heterocycles. The highest BCUT2D eigenvalue weighted by Gasteiger charge is 2.58. The van der Waals surface area contributed by atoms with Crippen LogP contribution in [0.2, 0.25) is 0 Å². The van der Waals surface area contributed by atoms with Gasteiger partial charge in [0.25, 0.3) is 0 Å². The van der Waals surface area contributed by atoms with Crippen LogP contribution in [0.25, 0.3) is 0 Å². The molecule has 0 radical (unpaired) electrons. The van der Waals surface area contributed by atoms with Gasteiger partial charge in [0.15, 0.2) is 0 Å². The highest BCUT2D eigenvalue weighted by Crippen LogP contribution is 2.51. The van der Waals surface area contributed by atoms with Crippen LogP contribution in [-0.2, 0) is 14.8 Å². The summed E-state index contributed by atoms with van der Waals surface area (Å²) in [5.74, 6) is -0.735. The summed E-state index contributed by atoms with van der Waals surface area (Å²) in [5, 5.41) is 0. The fourth-order valence-corrected chi connectivity index (χ4v) is 5.37. The van der Waals surface area contributed by atoms with Crippen molar-refractivity contribution in [3.8, 4) is 0 Å². The second-order valence-corrected chi connectivity index (χ2v) is 8.83. The Morgan fingerprint density at radius 1 is 1.23 bits per heavy atom. The number of hydrogen-bond donors (Lipinski definition) is 0. The predicted molar refractivity (Wildman–Crippen MR) is 72.5 cm³/mol. The largest absolute Gasteiger partial charge is 0.406 e. The number of halogens is 3. The lowest BCUT2D eigenvalue weighted by Gasteiger charge is -2.33. The fourth-order valence-electron chi connectivity index (χ4n) is 3.15. The summed E-state index contributed by atoms with van der Waals surface area (Å²) in [4.78, 5) is 13.0. The molecule has 3 rings (SSSR count). The van der Waals surface area contributed by atoms with Gasteiger partial charge < -0.3 is 4.90 Å². The number of carbonyl (C=O) groups excluding carboxylic acids is 1. The first-order valence-corrected chi connectivity index (χ1v) is 8.95. The van der Waals surface area contributed by atoms with E-state index >= 15 is 0 Å². The van der Waals surface area contributed by atoms with E-state index in [1.807, 2.05) is 0 Å². The van der Waals surface area contributed by atoms with Crippen molar-refractivity contribution in [2.24, 2.45) is 0 Å². The van der Waals surface area contributed by atoms with Gasteiger partial charge in [0.1, 0.15) is 6.54 Å². The van der Waals surface area contributed by atoms with Crippen LogP contribution in [0.1, 0.15) is 38.5 Å². The molecule has 1 saturated heterocycles. The maximum absolute atomic E-state index is 12.6. The lowest BCUT2D eigenvalue weighted by atomic mass is 10.2. The average molecular weight is 340 g/mol. The lowest BCUT2D eigenvalue weighted by Crippen LogP contribution is -2.51. The van der Waals surface area contributed by atoms with Gasteiger partial charge in [0, 0.05) is 12.6 Å². The highest BCUT2D eigenvalue weighted by molar-refractivity contribution is 7.90. The SMILES string of the molecule is O=C(CN1CCCC2(CC2)S1(=O)=O)N(CC(F)(F)F)C1CC1. The van der Waals surface area contributed by atoms with E-state index in [0.29, 0.717) is 38.5 Å². The third kappa shape index (κ3) is 2.97. The molecule has 0 atom stereocenters. The molecular formula is C13H19F3N2O3S. The first kappa shape index (κ1) is 16.0. The maximum atomic E-state index is 12.6. The molecule has 1 amide bonds. The van der Waals surface area contributed by atoms with Crippen LogP contribution in [0.15, 0.2) is 0 Å². The molecular weight excluding hydrogens is 321 g/mol. The van der Waals surface area contributed by atoms with Gasteiger partial charge in [-0.05, 0) is 38.5 Å². The molecule has 3 fully saturated rings. The van der Waals surface area contributed by atoms with Crippen molar-refractivity contribution >= 4 is 15.9 Å². The topological polar surface area (TPSA) is 57.7 Å². The molecule has 0 N–H and O–H groups in total. The Balaban J connectivity index is 1.70. The normalized spacial score (nSPS) is 26.9. The lowest BCUT2D eigenvalue weighted by molar-refractivity contribution is -0.162. The molecule has 3 aliphatic rings. The first-order chi connectivity index (χ1) is 10.1. The quantitative estimate of drug-likeness (QED) is 0.779. The summed E-state index contributed by atoms with van der Waals surface area (Å²) in [6, 6.07) is -0.392. The molecule has 0 aromatic heterocycles. The molecule has 0 aromatic rings. The molecule has 0 unspecified atom stereocenters. The molecule has 126 valence electrons. The Bertz CT molecular complexity index is 568. The van der Waals surface area contributed by atoms with E-state index in [1.54, 1.807) is 0 Å². The van der Waals surface area contributed by atoms with Crippen molar-refractivity contribution in [2.45, 2.75) is 55.5 Å². The highest BCUT2D eigenvalue weighted by atomic mass is 32.2. The van der Waals surface area contributed by atoms with Gasteiger partial charge in [0.05, 0.1) is 11.3 Å². The van der Waals surface area contributed by atoms with Gasteiger partial charge >= 0.3 is 6.18 Å². The number of hydrogen-bond acceptors (Lipinski definition) is 3. The summed E-state index contributed by atoms with van der Waals surface area (Å²) < 4.78 is 63.1. The summed E-state index contributed by atoms with van der Waals surface area (Å²) in [7, 11) is -3.56. The zero-order valence-corrected chi connectivity index (χ0v) is 12.9. The van der Waals surface area contributed by atoms with Gasteiger partial charge in [-0.3, -0.25) is 4.79 Å². The van der Waals surface area contributed by atoms with Crippen LogP contribution < -0.4 is 0 Å². The minimum absolute atomic E-state index is 0.223. The van der Waals surface area contributed by atoms with E-state index < -0.39 is 46.0 Å². The third-order valence-corrected chi connectivity index (χ3v) is 7.40. The summed E-state index contributed by atoms with van der Waals surface area (Å²) in [5.41, 5.74) is 0. The summed E-state index contributed by atoms with van der Waals surface area (Å²) in [6.45, 7) is -1.54. The fraction of sp³-hybridized carbons (Fsp3) is 0.923. The molecule has 0 bridgehead atoms. The number of sulfonamides is 1. The van der Waals surface area contributed by atoms with Gasteiger partial charge in [0.2, 0.25) is 15.9 Å². The molecule has 1 spiro atoms. The van der Waals surface area contributed by atoms with Crippen molar-refractivity contribution < 1.29 is 26.4 Å². The van der Waals surface area contributed by atoms with Crippen LogP contribution in [0.3, 0.4) is 0 Å². The van der Waals surface area contributed by atoms with E-state index in [0.717, 1.165) is 9.21 Å². The van der Waals surface area contributed by atoms with Crippen LogP contribution in [0, 0.1) is 0 Å². The summed E-state index contributed by atoms with van der Waals surface area (Å²) >= 11 is 0. The molecule has 1 heterocycles. The van der Waals surface area contributed by atoms with Gasteiger partial charge in [-0.1, -0.05) is 0 Å². The van der Waals surface area contributed by atoms with E-state index in [9.17, 15) is 26.4 Å². The Kier molecular flexibility index (Phi) is 3.71. The second-order valence-electron chi connectivity index (χ2n) is 6.49. The van der Waals surface area contributed by atoms with Crippen molar-refractivity contribution in [2.75, 3.05) is 19.6 Å². The van der Waals surface area contributed by atoms with Crippen LogP contribution in [0.5, 0.6) is 0 Å². The molecule has 2 aliphatic carbocycles. The van der Waals surface area contributed by atoms with Crippen molar-refractivity contribution in [1.29, 1.82) is 0 Å². The van der Waals surface area contributed by atoms with Crippen molar-refractivity contribution in [3.05, 3.63) is 0 Å². The van der Waals surface area contributed by atoms with Crippen molar-refractivity contribution in [1.82, 2.24) is 9.21 Å². The Hall–Kier alpha value is -0.830. The smallest absolute Gasteiger partial charge is 0.329 e. The van der Waals surface area contributed by atoms with Gasteiger partial charge in [-0.2, -0.15) is 17.5 Å². The average Bonchev–Trinajstić information content (AvgIpc) is 3.25. The molecule has 5 nitrogen and oxygen atoms in total. The molecule has 0 aromatic carbocycles. The van der Waals surface area contributed by atoms with Crippen LogP contribution in [-0.4, -0.2) is 60.1 Å². The van der Waals surface area contributed by atoms with Crippen LogP contribution >= 0.6 is 0 Å². The molecule has 2 saturated carbocycles. The molecule has 22 heavy (non-hydrogen) atoms. The van der Waals surface area contributed by atoms with E-state index in [4.69, 9.17) is 0 Å². The number of carbonyl (C=O) groups is 1. The minimum Gasteiger partial charge on any atom is -0.329 e. The zero-order valence-electron chi connectivity index (χ0n) is 12.1. The number of rotatable bonds is 4. The zero-order chi connectivity index (χ0) is 16.2. The predicted octanol–water partition coefficient (Wildman–Crippen LogP) is 1.50. The summed E-state index contributed by atoms with van der Waals surface area (Å²) in [6.07, 6.45) is -0.915. The number of alkyl halides is 3. The van der Waals surface area contributed by atoms with Gasteiger partial charge in [-0.25, -0.2) is 8.42 Å². The third-order valence-electron chi connectivity index (χ3n) is 4.70. The standard InChI is InChI=1S/C13H19F3N2O3S/c14-13(15,16)9-18(10-2-3-10)11(19)8-17-7-1-4-12(5-6-12)22(17,20)21/h10H,1-9H2. The van der Waals surface area contributed by atoms with E-state index in [2.05, 4.69) is 0 Å². The van der Waals surface area contributed by atoms with E-state index in [-0.39, 0.29) is 6.54 Å². The second kappa shape index (κ2) is 5.09. The number of nitrogens with zero attached hydrogens (tertiary/aromatic N) is 2.